The molecule has 4 aliphatic rings. The van der Waals surface area contributed by atoms with E-state index in [1.807, 2.05) is 0 Å². The van der Waals surface area contributed by atoms with Gasteiger partial charge in [0.25, 0.3) is 0 Å². The van der Waals surface area contributed by atoms with Crippen molar-refractivity contribution in [1.82, 2.24) is 0 Å². The van der Waals surface area contributed by atoms with Gasteiger partial charge >= 0.3 is 5.97 Å². The molecule has 3 saturated carbocycles. The molecule has 0 aromatic heterocycles. The maximum Gasteiger partial charge on any atom is 0.305 e. The molecule has 0 spiro atoms. The zero-order chi connectivity index (χ0) is 20.1. The molecule has 3 fully saturated rings. The van der Waals surface area contributed by atoms with Gasteiger partial charge < -0.3 is 9.84 Å². The second-order valence-corrected chi connectivity index (χ2v) is 11.0. The van der Waals surface area contributed by atoms with Crippen LogP contribution >= 0.6 is 0 Å². The van der Waals surface area contributed by atoms with Crippen LogP contribution in [0.4, 0.5) is 0 Å². The topological polar surface area (TPSA) is 46.5 Å². The molecule has 0 aromatic rings. The number of aliphatic hydroxyl groups is 1. The van der Waals surface area contributed by atoms with Crippen molar-refractivity contribution in [3.05, 3.63) is 11.6 Å². The molecule has 0 saturated heterocycles. The molecule has 4 rings (SSSR count). The van der Waals surface area contributed by atoms with Gasteiger partial charge in [0.1, 0.15) is 0 Å². The van der Waals surface area contributed by atoms with Crippen LogP contribution in [0.3, 0.4) is 0 Å². The van der Waals surface area contributed by atoms with Gasteiger partial charge in [-0.25, -0.2) is 0 Å². The fourth-order valence-electron chi connectivity index (χ4n) is 8.13. The molecule has 0 amide bonds. The lowest BCUT2D eigenvalue weighted by molar-refractivity contribution is -0.141. The van der Waals surface area contributed by atoms with Crippen LogP contribution in [0, 0.1) is 40.4 Å². The van der Waals surface area contributed by atoms with E-state index in [0.29, 0.717) is 29.1 Å². The lowest BCUT2D eigenvalue weighted by Gasteiger charge is -2.57. The molecule has 8 atom stereocenters. The van der Waals surface area contributed by atoms with E-state index in [0.717, 1.165) is 37.0 Å². The molecular weight excluding hydrogens is 348 g/mol. The number of hydrogen-bond acceptors (Lipinski definition) is 3. The maximum atomic E-state index is 11.6. The van der Waals surface area contributed by atoms with E-state index in [2.05, 4.69) is 26.8 Å². The molecule has 158 valence electrons. The summed E-state index contributed by atoms with van der Waals surface area (Å²) in [7, 11) is 1.49. The summed E-state index contributed by atoms with van der Waals surface area (Å²) in [5.74, 6) is 3.48. The summed E-state index contributed by atoms with van der Waals surface area (Å²) in [4.78, 5) is 11.6. The first-order chi connectivity index (χ1) is 13.3. The minimum atomic E-state index is -0.0735. The fourth-order valence-corrected chi connectivity index (χ4v) is 8.13. The highest BCUT2D eigenvalue weighted by Gasteiger charge is 2.57. The average molecular weight is 389 g/mol. The Morgan fingerprint density at radius 1 is 1.25 bits per heavy atom. The van der Waals surface area contributed by atoms with Crippen LogP contribution in [0.1, 0.15) is 85.0 Å². The Balaban J connectivity index is 1.53. The summed E-state index contributed by atoms with van der Waals surface area (Å²) in [5.41, 5.74) is 2.49. The Kier molecular flexibility index (Phi) is 5.44. The molecule has 3 heteroatoms. The van der Waals surface area contributed by atoms with Crippen molar-refractivity contribution in [2.45, 2.75) is 91.1 Å². The van der Waals surface area contributed by atoms with Crippen molar-refractivity contribution in [2.24, 2.45) is 40.4 Å². The number of fused-ring (bicyclic) bond motifs is 5. The minimum absolute atomic E-state index is 0.0666. The monoisotopic (exact) mass is 388 g/mol. The fraction of sp³-hybridized carbons (Fsp3) is 0.880. The van der Waals surface area contributed by atoms with Gasteiger partial charge in [-0.2, -0.15) is 0 Å². The molecule has 1 N–H and O–H groups in total. The molecular formula is C25H40O3. The van der Waals surface area contributed by atoms with E-state index in [4.69, 9.17) is 4.74 Å². The molecule has 28 heavy (non-hydrogen) atoms. The van der Waals surface area contributed by atoms with E-state index in [1.165, 1.54) is 45.6 Å². The largest absolute Gasteiger partial charge is 0.469 e. The van der Waals surface area contributed by atoms with Crippen molar-refractivity contribution in [2.75, 3.05) is 7.11 Å². The summed E-state index contributed by atoms with van der Waals surface area (Å²) < 4.78 is 4.87. The van der Waals surface area contributed by atoms with Gasteiger partial charge in [-0.05, 0) is 98.2 Å². The van der Waals surface area contributed by atoms with Crippen LogP contribution < -0.4 is 0 Å². The number of methoxy groups -OCH3 is 1. The van der Waals surface area contributed by atoms with Crippen molar-refractivity contribution in [1.29, 1.82) is 0 Å². The molecule has 0 aliphatic heterocycles. The third-order valence-corrected chi connectivity index (χ3v) is 9.79. The maximum absolute atomic E-state index is 11.6. The predicted molar refractivity (Wildman–Crippen MR) is 112 cm³/mol. The lowest BCUT2D eigenvalue weighted by Crippen LogP contribution is -2.48. The Morgan fingerprint density at radius 3 is 2.79 bits per heavy atom. The van der Waals surface area contributed by atoms with Gasteiger partial charge in [0, 0.05) is 6.42 Å². The Bertz CT molecular complexity index is 640. The molecule has 0 heterocycles. The smallest absolute Gasteiger partial charge is 0.305 e. The van der Waals surface area contributed by atoms with Gasteiger partial charge in [0.15, 0.2) is 0 Å². The third kappa shape index (κ3) is 3.16. The third-order valence-electron chi connectivity index (χ3n) is 9.79. The van der Waals surface area contributed by atoms with E-state index < -0.39 is 0 Å². The highest BCUT2D eigenvalue weighted by atomic mass is 16.5. The number of rotatable bonds is 4. The Morgan fingerprint density at radius 2 is 2.04 bits per heavy atom. The van der Waals surface area contributed by atoms with Gasteiger partial charge in [0.05, 0.1) is 13.2 Å². The van der Waals surface area contributed by atoms with Crippen LogP contribution in [-0.4, -0.2) is 24.3 Å². The number of hydrogen-bond donors (Lipinski definition) is 1. The second kappa shape index (κ2) is 7.45. The average Bonchev–Trinajstić information content (AvgIpc) is 3.03. The quantitative estimate of drug-likeness (QED) is 0.510. The molecule has 3 nitrogen and oxygen atoms in total. The number of esters is 1. The number of allylic oxidation sites excluding steroid dienone is 2. The normalized spacial score (nSPS) is 46.0. The van der Waals surface area contributed by atoms with Gasteiger partial charge in [-0.1, -0.05) is 32.4 Å². The van der Waals surface area contributed by atoms with E-state index in [1.54, 1.807) is 5.57 Å². The first kappa shape index (κ1) is 20.4. The summed E-state index contributed by atoms with van der Waals surface area (Å²) in [6.07, 6.45) is 13.8. The predicted octanol–water partition coefficient (Wildman–Crippen LogP) is 5.52. The second-order valence-electron chi connectivity index (χ2n) is 11.0. The SMILES string of the molecule is COC(=O)CC[C@@H](C)[C@H]1CC[C@H]2[C@@H]3CC[C@@H]4C[C@@H](O)CC[C@]4(C)C3=CC[C@]12C. The van der Waals surface area contributed by atoms with Crippen molar-refractivity contribution in [3.63, 3.8) is 0 Å². The molecule has 0 bridgehead atoms. The highest BCUT2D eigenvalue weighted by molar-refractivity contribution is 5.69. The zero-order valence-electron chi connectivity index (χ0n) is 18.4. The van der Waals surface area contributed by atoms with E-state index >= 15 is 0 Å². The van der Waals surface area contributed by atoms with Crippen LogP contribution in [0.2, 0.25) is 0 Å². The number of aliphatic hydroxyl groups excluding tert-OH is 1. The minimum Gasteiger partial charge on any atom is -0.469 e. The number of ether oxygens (including phenoxy) is 1. The molecule has 0 unspecified atom stereocenters. The van der Waals surface area contributed by atoms with Crippen molar-refractivity contribution in [3.8, 4) is 0 Å². The molecule has 0 radical (unpaired) electrons. The first-order valence-electron chi connectivity index (χ1n) is 11.7. The summed E-state index contributed by atoms with van der Waals surface area (Å²) in [5, 5.41) is 10.2. The summed E-state index contributed by atoms with van der Waals surface area (Å²) in [6, 6.07) is 0. The standard InChI is InChI=1S/C25H40O3/c1-16(5-10-23(27)28-4)20-8-9-21-19-7-6-17-15-18(26)11-13-24(17,2)22(19)12-14-25(20,21)3/h12,16-21,26H,5-11,13-15H2,1-4H3/t16-,17-,18+,19+,20-,21+,24+,25-/m1/s1. The van der Waals surface area contributed by atoms with Gasteiger partial charge in [-0.3, -0.25) is 4.79 Å². The van der Waals surface area contributed by atoms with Crippen LogP contribution in [0.25, 0.3) is 0 Å². The van der Waals surface area contributed by atoms with Crippen molar-refractivity contribution >= 4 is 5.97 Å². The van der Waals surface area contributed by atoms with E-state index in [9.17, 15) is 9.90 Å². The number of carbonyl (C=O) groups excluding carboxylic acids is 1. The Labute approximate surface area is 171 Å². The summed E-state index contributed by atoms with van der Waals surface area (Å²) in [6.45, 7) is 7.42. The molecule has 4 aliphatic carbocycles. The highest BCUT2D eigenvalue weighted by Crippen LogP contribution is 2.66. The van der Waals surface area contributed by atoms with E-state index in [-0.39, 0.29) is 12.1 Å². The van der Waals surface area contributed by atoms with Gasteiger partial charge in [-0.15, -0.1) is 0 Å². The summed E-state index contributed by atoms with van der Waals surface area (Å²) >= 11 is 0. The lowest BCUT2D eigenvalue weighted by atomic mass is 9.48. The van der Waals surface area contributed by atoms with Crippen molar-refractivity contribution < 1.29 is 14.6 Å². The van der Waals surface area contributed by atoms with Crippen LogP contribution in [-0.2, 0) is 9.53 Å². The number of carbonyl (C=O) groups is 1. The van der Waals surface area contributed by atoms with Crippen LogP contribution in [0.15, 0.2) is 11.6 Å². The first-order valence-corrected chi connectivity index (χ1v) is 11.7. The van der Waals surface area contributed by atoms with Gasteiger partial charge in [0.2, 0.25) is 0 Å². The Hall–Kier alpha value is -0.830. The van der Waals surface area contributed by atoms with Crippen LogP contribution in [0.5, 0.6) is 0 Å². The molecule has 0 aromatic carbocycles. The zero-order valence-corrected chi connectivity index (χ0v) is 18.4.